The molecule has 2 aromatic rings. The molecule has 0 aliphatic carbocycles. The summed E-state index contributed by atoms with van der Waals surface area (Å²) in [6, 6.07) is 8.85. The average molecular weight is 272 g/mol. The lowest BCUT2D eigenvalue weighted by molar-refractivity contribution is 1.48. The van der Waals surface area contributed by atoms with Crippen LogP contribution in [0.3, 0.4) is 0 Å². The number of halogens is 2. The Hall–Kier alpha value is -1.28. The first-order chi connectivity index (χ1) is 7.63. The Bertz CT molecular complexity index is 488. The molecule has 3 nitrogen and oxygen atoms in total. The highest BCUT2D eigenvalue weighted by molar-refractivity contribution is 7.04. The van der Waals surface area contributed by atoms with E-state index in [4.69, 9.17) is 34.2 Å². The summed E-state index contributed by atoms with van der Waals surface area (Å²) < 4.78 is 3.69. The van der Waals surface area contributed by atoms with Crippen LogP contribution in [0.15, 0.2) is 29.6 Å². The van der Waals surface area contributed by atoms with Crippen molar-refractivity contribution >= 4 is 40.4 Å². The first kappa shape index (κ1) is 12.8. The van der Waals surface area contributed by atoms with E-state index in [1.54, 1.807) is 29.6 Å². The maximum atomic E-state index is 8.36. The molecule has 0 spiro atoms. The molecule has 1 heterocycles. The first-order valence-electron chi connectivity index (χ1n) is 4.14. The summed E-state index contributed by atoms with van der Waals surface area (Å²) in [5.41, 5.74) is 6.62. The van der Waals surface area contributed by atoms with E-state index in [1.165, 1.54) is 11.5 Å². The summed E-state index contributed by atoms with van der Waals surface area (Å²) >= 11 is 12.1. The van der Waals surface area contributed by atoms with E-state index in [0.29, 0.717) is 21.4 Å². The van der Waals surface area contributed by atoms with Gasteiger partial charge in [-0.15, -0.1) is 0 Å². The molecule has 0 saturated carbocycles. The Labute approximate surface area is 107 Å². The number of rotatable bonds is 0. The van der Waals surface area contributed by atoms with Gasteiger partial charge in [-0.05, 0) is 29.7 Å². The van der Waals surface area contributed by atoms with Crippen molar-refractivity contribution in [2.24, 2.45) is 0 Å². The fraction of sp³-hybridized carbons (Fsp3) is 0. The predicted octanol–water partition coefficient (Wildman–Crippen LogP) is 3.59. The predicted molar refractivity (Wildman–Crippen MR) is 67.7 cm³/mol. The molecule has 2 N–H and O–H groups in total. The van der Waals surface area contributed by atoms with Crippen molar-refractivity contribution in [1.29, 1.82) is 5.26 Å². The van der Waals surface area contributed by atoms with E-state index in [0.717, 1.165) is 0 Å². The second kappa shape index (κ2) is 6.33. The summed E-state index contributed by atoms with van der Waals surface area (Å²) in [6.45, 7) is 0. The molecule has 0 radical (unpaired) electrons. The standard InChI is InChI=1S/C7H6N2.C3HCl2NS/c8-5-6-2-1-3-7(9)4-6;4-2-1-7-6-3(2)5/h1-4H,9H2;1H. The summed E-state index contributed by atoms with van der Waals surface area (Å²) in [5.74, 6) is 0. The van der Waals surface area contributed by atoms with E-state index in [2.05, 4.69) is 4.37 Å². The van der Waals surface area contributed by atoms with Gasteiger partial charge in [-0.3, -0.25) is 0 Å². The van der Waals surface area contributed by atoms with E-state index >= 15 is 0 Å². The van der Waals surface area contributed by atoms with Gasteiger partial charge in [-0.25, -0.2) is 0 Å². The Morgan fingerprint density at radius 1 is 1.38 bits per heavy atom. The quantitative estimate of drug-likeness (QED) is 0.745. The summed E-state index contributed by atoms with van der Waals surface area (Å²) in [4.78, 5) is 0. The lowest BCUT2D eigenvalue weighted by Crippen LogP contribution is -1.83. The van der Waals surface area contributed by atoms with Gasteiger partial charge in [0.15, 0.2) is 5.15 Å². The molecule has 0 saturated heterocycles. The molecule has 82 valence electrons. The van der Waals surface area contributed by atoms with Gasteiger partial charge < -0.3 is 5.73 Å². The third kappa shape index (κ3) is 4.07. The lowest BCUT2D eigenvalue weighted by Gasteiger charge is -1.89. The number of nitrogen functional groups attached to an aromatic ring is 1. The van der Waals surface area contributed by atoms with E-state index < -0.39 is 0 Å². The number of aromatic nitrogens is 1. The number of nitriles is 1. The maximum absolute atomic E-state index is 8.36. The molecule has 0 atom stereocenters. The Morgan fingerprint density at radius 2 is 2.12 bits per heavy atom. The number of benzene rings is 1. The zero-order chi connectivity index (χ0) is 12.0. The van der Waals surface area contributed by atoms with E-state index in [1.807, 2.05) is 6.07 Å². The average Bonchev–Trinajstić information content (AvgIpc) is 2.64. The minimum atomic E-state index is 0.395. The second-order valence-corrected chi connectivity index (χ2v) is 4.08. The molecule has 0 aliphatic rings. The summed E-state index contributed by atoms with van der Waals surface area (Å²) in [6.07, 6.45) is 0. The van der Waals surface area contributed by atoms with Gasteiger partial charge in [-0.1, -0.05) is 29.3 Å². The van der Waals surface area contributed by atoms with Crippen molar-refractivity contribution in [2.45, 2.75) is 0 Å². The second-order valence-electron chi connectivity index (χ2n) is 2.69. The van der Waals surface area contributed by atoms with Crippen LogP contribution in [0.1, 0.15) is 5.56 Å². The van der Waals surface area contributed by atoms with Crippen molar-refractivity contribution in [1.82, 2.24) is 4.37 Å². The molecule has 1 aromatic heterocycles. The highest BCUT2D eigenvalue weighted by Crippen LogP contribution is 2.20. The smallest absolute Gasteiger partial charge is 0.161 e. The molecule has 1 aromatic carbocycles. The minimum absolute atomic E-state index is 0.395. The molecule has 0 fully saturated rings. The number of nitrogens with zero attached hydrogens (tertiary/aromatic N) is 2. The molecule has 0 aliphatic heterocycles. The SMILES string of the molecule is Clc1csnc1Cl.N#Cc1cccc(N)c1. The Morgan fingerprint density at radius 3 is 2.44 bits per heavy atom. The highest BCUT2D eigenvalue weighted by Gasteiger charge is 1.94. The molecule has 16 heavy (non-hydrogen) atoms. The highest BCUT2D eigenvalue weighted by atomic mass is 35.5. The van der Waals surface area contributed by atoms with Crippen molar-refractivity contribution in [2.75, 3.05) is 5.73 Å². The van der Waals surface area contributed by atoms with Crippen LogP contribution in [0.5, 0.6) is 0 Å². The third-order valence-electron chi connectivity index (χ3n) is 1.50. The monoisotopic (exact) mass is 271 g/mol. The molecule has 0 unspecified atom stereocenters. The van der Waals surface area contributed by atoms with Gasteiger partial charge in [0.1, 0.15) is 0 Å². The van der Waals surface area contributed by atoms with Crippen LogP contribution in [0.4, 0.5) is 5.69 Å². The van der Waals surface area contributed by atoms with Crippen LogP contribution in [0.25, 0.3) is 0 Å². The van der Waals surface area contributed by atoms with Crippen LogP contribution in [-0.2, 0) is 0 Å². The van der Waals surface area contributed by atoms with Crippen LogP contribution in [0.2, 0.25) is 10.2 Å². The summed E-state index contributed by atoms with van der Waals surface area (Å²) in [5, 5.41) is 11.0. The molecule has 2 rings (SSSR count). The number of hydrogen-bond acceptors (Lipinski definition) is 4. The zero-order valence-electron chi connectivity index (χ0n) is 8.02. The molecular formula is C10H7Cl2N3S. The van der Waals surface area contributed by atoms with Gasteiger partial charge in [0.2, 0.25) is 0 Å². The molecule has 0 bridgehead atoms. The molecule has 0 amide bonds. The van der Waals surface area contributed by atoms with Crippen molar-refractivity contribution in [3.8, 4) is 6.07 Å². The minimum Gasteiger partial charge on any atom is -0.399 e. The van der Waals surface area contributed by atoms with Crippen molar-refractivity contribution in [3.05, 3.63) is 45.4 Å². The largest absolute Gasteiger partial charge is 0.399 e. The Kier molecular flexibility index (Phi) is 5.06. The zero-order valence-corrected chi connectivity index (χ0v) is 10.4. The van der Waals surface area contributed by atoms with Crippen LogP contribution < -0.4 is 5.73 Å². The molecule has 6 heteroatoms. The Balaban J connectivity index is 0.000000165. The molecular weight excluding hydrogens is 265 g/mol. The van der Waals surface area contributed by atoms with Gasteiger partial charge >= 0.3 is 0 Å². The third-order valence-corrected chi connectivity index (χ3v) is 3.03. The van der Waals surface area contributed by atoms with E-state index in [-0.39, 0.29) is 0 Å². The topological polar surface area (TPSA) is 62.7 Å². The van der Waals surface area contributed by atoms with Crippen molar-refractivity contribution < 1.29 is 0 Å². The fourth-order valence-electron chi connectivity index (χ4n) is 0.819. The van der Waals surface area contributed by atoms with Crippen LogP contribution in [-0.4, -0.2) is 4.37 Å². The normalized spacial score (nSPS) is 8.81. The first-order valence-corrected chi connectivity index (χ1v) is 5.73. The van der Waals surface area contributed by atoms with Gasteiger partial charge in [-0.2, -0.15) is 9.64 Å². The lowest BCUT2D eigenvalue weighted by atomic mass is 10.2. The van der Waals surface area contributed by atoms with E-state index in [9.17, 15) is 0 Å². The fourth-order valence-corrected chi connectivity index (χ4v) is 1.72. The number of hydrogen-bond donors (Lipinski definition) is 1. The van der Waals surface area contributed by atoms with Gasteiger partial charge in [0.05, 0.1) is 16.7 Å². The van der Waals surface area contributed by atoms with Crippen LogP contribution >= 0.6 is 34.7 Å². The number of nitrogens with two attached hydrogens (primary N) is 1. The maximum Gasteiger partial charge on any atom is 0.161 e. The number of anilines is 1. The van der Waals surface area contributed by atoms with Crippen LogP contribution in [0, 0.1) is 11.3 Å². The van der Waals surface area contributed by atoms with Gasteiger partial charge in [0, 0.05) is 11.1 Å². The summed E-state index contributed by atoms with van der Waals surface area (Å²) in [7, 11) is 0. The van der Waals surface area contributed by atoms with Gasteiger partial charge in [0.25, 0.3) is 0 Å². The van der Waals surface area contributed by atoms with Crippen molar-refractivity contribution in [3.63, 3.8) is 0 Å².